The van der Waals surface area contributed by atoms with Crippen LogP contribution in [0.5, 0.6) is 0 Å². The number of hydrogen-bond acceptors (Lipinski definition) is 5. The average molecular weight is 347 g/mol. The molecule has 0 aromatic rings. The summed E-state index contributed by atoms with van der Waals surface area (Å²) in [7, 11) is -3.09. The third-order valence-electron chi connectivity index (χ3n) is 5.31. The van der Waals surface area contributed by atoms with Gasteiger partial charge < -0.3 is 10.6 Å². The van der Waals surface area contributed by atoms with Gasteiger partial charge in [-0.1, -0.05) is 0 Å². The number of nitrogens with zero attached hydrogens (tertiary/aromatic N) is 3. The molecule has 0 atom stereocenters. The Morgan fingerprint density at radius 1 is 1.04 bits per heavy atom. The van der Waals surface area contributed by atoms with E-state index in [1.807, 2.05) is 0 Å². The highest BCUT2D eigenvalue weighted by atomic mass is 32.2. The minimum atomic E-state index is -3.09. The van der Waals surface area contributed by atoms with E-state index in [1.54, 1.807) is 4.31 Å². The molecule has 2 saturated heterocycles. The summed E-state index contributed by atoms with van der Waals surface area (Å²) in [6.07, 6.45) is 3.04. The van der Waals surface area contributed by atoms with Crippen LogP contribution in [0.15, 0.2) is 0 Å². The van der Waals surface area contributed by atoms with Crippen molar-refractivity contribution in [3.05, 3.63) is 0 Å². The molecule has 7 heteroatoms. The summed E-state index contributed by atoms with van der Waals surface area (Å²) >= 11 is 0. The van der Waals surface area contributed by atoms with Crippen molar-refractivity contribution in [3.63, 3.8) is 0 Å². The lowest BCUT2D eigenvalue weighted by Gasteiger charge is -2.36. The highest BCUT2D eigenvalue weighted by molar-refractivity contribution is 7.89. The van der Waals surface area contributed by atoms with Gasteiger partial charge in [-0.25, -0.2) is 8.42 Å². The number of likely N-dealkylation sites (tertiary alicyclic amines) is 1. The van der Waals surface area contributed by atoms with Crippen molar-refractivity contribution >= 4 is 10.0 Å². The molecule has 0 saturated carbocycles. The van der Waals surface area contributed by atoms with Crippen molar-refractivity contribution in [2.45, 2.75) is 39.2 Å². The molecular weight excluding hydrogens is 312 g/mol. The predicted molar refractivity (Wildman–Crippen MR) is 94.9 cm³/mol. The molecule has 2 aliphatic rings. The van der Waals surface area contributed by atoms with E-state index in [0.717, 1.165) is 58.5 Å². The van der Waals surface area contributed by atoms with Gasteiger partial charge in [0.15, 0.2) is 0 Å². The Morgan fingerprint density at radius 3 is 2.17 bits per heavy atom. The van der Waals surface area contributed by atoms with Crippen LogP contribution in [0.4, 0.5) is 0 Å². The lowest BCUT2D eigenvalue weighted by Crippen LogP contribution is -2.51. The molecule has 0 spiro atoms. The molecule has 0 amide bonds. The molecule has 2 fully saturated rings. The van der Waals surface area contributed by atoms with E-state index in [0.29, 0.717) is 25.0 Å². The first-order valence-corrected chi connectivity index (χ1v) is 10.7. The molecule has 2 heterocycles. The summed E-state index contributed by atoms with van der Waals surface area (Å²) in [5.74, 6) is 0.943. The van der Waals surface area contributed by atoms with E-state index in [4.69, 9.17) is 5.73 Å². The van der Waals surface area contributed by atoms with Gasteiger partial charge in [0.05, 0.1) is 5.75 Å². The molecule has 0 aromatic carbocycles. The molecule has 6 nitrogen and oxygen atoms in total. The molecule has 0 aliphatic carbocycles. The average Bonchev–Trinajstić information content (AvgIpc) is 2.55. The Morgan fingerprint density at radius 2 is 1.65 bits per heavy atom. The molecule has 2 N–H and O–H groups in total. The van der Waals surface area contributed by atoms with Crippen LogP contribution in [0.25, 0.3) is 0 Å². The number of piperidine rings is 1. The van der Waals surface area contributed by atoms with Crippen molar-refractivity contribution in [3.8, 4) is 0 Å². The van der Waals surface area contributed by atoms with Crippen molar-refractivity contribution in [2.75, 3.05) is 58.1 Å². The molecule has 0 aromatic heterocycles. The van der Waals surface area contributed by atoms with Crippen LogP contribution in [0, 0.1) is 5.92 Å². The maximum absolute atomic E-state index is 12.5. The molecule has 0 unspecified atom stereocenters. The molecular formula is C16H34N4O2S. The fraction of sp³-hybridized carbons (Fsp3) is 1.00. The standard InChI is InChI=1S/C16H34N4O2S/c1-15(2)19-9-11-20(12-10-19)23(21,22)13-3-6-18-7-4-16(14-17)5-8-18/h15-16H,3-14,17H2,1-2H3. The van der Waals surface area contributed by atoms with Gasteiger partial charge in [-0.05, 0) is 65.2 Å². The normalized spacial score (nSPS) is 23.7. The number of nitrogens with two attached hydrogens (primary N) is 1. The third kappa shape index (κ3) is 5.67. The smallest absolute Gasteiger partial charge is 0.214 e. The summed E-state index contributed by atoms with van der Waals surface area (Å²) in [6, 6.07) is 0.497. The summed E-state index contributed by atoms with van der Waals surface area (Å²) < 4.78 is 26.6. The van der Waals surface area contributed by atoms with Crippen LogP contribution < -0.4 is 5.73 Å². The van der Waals surface area contributed by atoms with Crippen molar-refractivity contribution in [2.24, 2.45) is 11.7 Å². The van der Waals surface area contributed by atoms with E-state index < -0.39 is 10.0 Å². The van der Waals surface area contributed by atoms with Gasteiger partial charge in [0, 0.05) is 32.2 Å². The number of sulfonamides is 1. The van der Waals surface area contributed by atoms with Crippen LogP contribution in [-0.4, -0.2) is 86.7 Å². The highest BCUT2D eigenvalue weighted by Gasteiger charge is 2.27. The molecule has 2 rings (SSSR count). The van der Waals surface area contributed by atoms with Gasteiger partial charge in [0.25, 0.3) is 0 Å². The Kier molecular flexibility index (Phi) is 7.28. The maximum Gasteiger partial charge on any atom is 0.214 e. The second-order valence-corrected chi connectivity index (χ2v) is 9.31. The largest absolute Gasteiger partial charge is 0.330 e. The molecule has 0 bridgehead atoms. The minimum absolute atomic E-state index is 0.283. The topological polar surface area (TPSA) is 69.9 Å². The van der Waals surface area contributed by atoms with E-state index in [2.05, 4.69) is 23.6 Å². The van der Waals surface area contributed by atoms with Crippen molar-refractivity contribution in [1.29, 1.82) is 0 Å². The molecule has 2 aliphatic heterocycles. The first-order valence-electron chi connectivity index (χ1n) is 9.06. The van der Waals surface area contributed by atoms with Crippen LogP contribution >= 0.6 is 0 Å². The third-order valence-corrected chi connectivity index (χ3v) is 7.27. The maximum atomic E-state index is 12.5. The van der Waals surface area contributed by atoms with Gasteiger partial charge in [-0.15, -0.1) is 0 Å². The first kappa shape index (κ1) is 19.1. The summed E-state index contributed by atoms with van der Waals surface area (Å²) in [5.41, 5.74) is 5.71. The monoisotopic (exact) mass is 346 g/mol. The molecule has 0 radical (unpaired) electrons. The Hall–Kier alpha value is -0.210. The molecule has 136 valence electrons. The quantitative estimate of drug-likeness (QED) is 0.723. The first-order chi connectivity index (χ1) is 10.9. The highest BCUT2D eigenvalue weighted by Crippen LogP contribution is 2.16. The van der Waals surface area contributed by atoms with Crippen LogP contribution in [-0.2, 0) is 10.0 Å². The second kappa shape index (κ2) is 8.76. The van der Waals surface area contributed by atoms with E-state index in [9.17, 15) is 8.42 Å². The van der Waals surface area contributed by atoms with E-state index >= 15 is 0 Å². The number of rotatable bonds is 7. The lowest BCUT2D eigenvalue weighted by molar-refractivity contribution is 0.153. The zero-order chi connectivity index (χ0) is 16.9. The zero-order valence-corrected chi connectivity index (χ0v) is 15.6. The summed E-state index contributed by atoms with van der Waals surface area (Å²) in [5, 5.41) is 0. The van der Waals surface area contributed by atoms with Crippen LogP contribution in [0.3, 0.4) is 0 Å². The fourth-order valence-electron chi connectivity index (χ4n) is 3.54. The van der Waals surface area contributed by atoms with Gasteiger partial charge in [-0.3, -0.25) is 4.90 Å². The molecule has 23 heavy (non-hydrogen) atoms. The zero-order valence-electron chi connectivity index (χ0n) is 14.8. The van der Waals surface area contributed by atoms with Crippen molar-refractivity contribution in [1.82, 2.24) is 14.1 Å². The van der Waals surface area contributed by atoms with Gasteiger partial charge in [0.1, 0.15) is 0 Å². The SMILES string of the molecule is CC(C)N1CCN(S(=O)(=O)CCCN2CCC(CN)CC2)CC1. The van der Waals surface area contributed by atoms with E-state index in [-0.39, 0.29) is 5.75 Å². The van der Waals surface area contributed by atoms with Gasteiger partial charge >= 0.3 is 0 Å². The van der Waals surface area contributed by atoms with E-state index in [1.165, 1.54) is 0 Å². The Balaban J connectivity index is 1.69. The fourth-order valence-corrected chi connectivity index (χ4v) is 5.02. The predicted octanol–water partition coefficient (Wildman–Crippen LogP) is 0.403. The van der Waals surface area contributed by atoms with Gasteiger partial charge in [0.2, 0.25) is 10.0 Å². The van der Waals surface area contributed by atoms with Crippen LogP contribution in [0.2, 0.25) is 0 Å². The summed E-state index contributed by atoms with van der Waals surface area (Å²) in [6.45, 7) is 11.1. The van der Waals surface area contributed by atoms with Crippen molar-refractivity contribution < 1.29 is 8.42 Å². The minimum Gasteiger partial charge on any atom is -0.330 e. The number of hydrogen-bond donors (Lipinski definition) is 1. The summed E-state index contributed by atoms with van der Waals surface area (Å²) in [4.78, 5) is 4.73. The second-order valence-electron chi connectivity index (χ2n) is 7.22. The Labute approximate surface area is 142 Å². The van der Waals surface area contributed by atoms with Gasteiger partial charge in [-0.2, -0.15) is 4.31 Å². The lowest BCUT2D eigenvalue weighted by atomic mass is 9.97. The van der Waals surface area contributed by atoms with Crippen LogP contribution in [0.1, 0.15) is 33.1 Å². The number of piperazine rings is 1. The Bertz CT molecular complexity index is 439.